The van der Waals surface area contributed by atoms with Crippen LogP contribution in [0, 0.1) is 0 Å². The van der Waals surface area contributed by atoms with E-state index in [0.29, 0.717) is 12.6 Å². The quantitative estimate of drug-likeness (QED) is 0.867. The smallest absolute Gasteiger partial charge is 0.189 e. The van der Waals surface area contributed by atoms with Gasteiger partial charge in [0.25, 0.3) is 0 Å². The predicted molar refractivity (Wildman–Crippen MR) is 71.8 cm³/mol. The molecule has 1 aliphatic rings. The molecular formula is C12H18ClN3O. The fraction of sp³-hybridized carbons (Fsp3) is 0.417. The van der Waals surface area contributed by atoms with Gasteiger partial charge in [-0.1, -0.05) is 12.1 Å². The number of nitrogens with one attached hydrogen (secondary N) is 1. The summed E-state index contributed by atoms with van der Waals surface area (Å²) in [5.74, 6) is 1.44. The molecule has 0 radical (unpaired) electrons. The van der Waals surface area contributed by atoms with Gasteiger partial charge in [-0.2, -0.15) is 0 Å². The van der Waals surface area contributed by atoms with E-state index in [9.17, 15) is 0 Å². The number of guanidine groups is 1. The molecule has 17 heavy (non-hydrogen) atoms. The van der Waals surface area contributed by atoms with E-state index in [1.165, 1.54) is 5.56 Å². The van der Waals surface area contributed by atoms with E-state index in [4.69, 9.17) is 10.5 Å². The van der Waals surface area contributed by atoms with Gasteiger partial charge in [0, 0.05) is 6.54 Å². The summed E-state index contributed by atoms with van der Waals surface area (Å²) in [5, 5.41) is 3.17. The van der Waals surface area contributed by atoms with Crippen molar-refractivity contribution >= 4 is 18.4 Å². The van der Waals surface area contributed by atoms with Crippen LogP contribution in [0.4, 0.5) is 0 Å². The third-order valence-electron chi connectivity index (χ3n) is 2.62. The van der Waals surface area contributed by atoms with E-state index in [0.717, 1.165) is 18.7 Å². The number of hydrogen-bond acceptors (Lipinski definition) is 4. The highest BCUT2D eigenvalue weighted by Crippen LogP contribution is 2.21. The molecule has 0 aliphatic carbocycles. The molecule has 0 fully saturated rings. The van der Waals surface area contributed by atoms with Crippen molar-refractivity contribution in [2.24, 2.45) is 10.7 Å². The van der Waals surface area contributed by atoms with Crippen molar-refractivity contribution in [2.75, 3.05) is 13.2 Å². The lowest BCUT2D eigenvalue weighted by atomic mass is 10.0. The molecule has 94 valence electrons. The van der Waals surface area contributed by atoms with Gasteiger partial charge in [-0.05, 0) is 31.0 Å². The molecule has 0 amide bonds. The van der Waals surface area contributed by atoms with Crippen molar-refractivity contribution in [3.8, 4) is 5.75 Å². The summed E-state index contributed by atoms with van der Waals surface area (Å²) in [6.45, 7) is 3.46. The standard InChI is InChI=1S/C12H17N3O.ClH/c1-2-16-10-5-3-9(4-6-10)11-7-8-14-12(13)15-11;/h3-6,11H,2,7-8H2,1H3,(H3,13,14,15);1H. The van der Waals surface area contributed by atoms with Crippen LogP contribution in [-0.4, -0.2) is 19.1 Å². The first kappa shape index (κ1) is 13.6. The van der Waals surface area contributed by atoms with Crippen molar-refractivity contribution < 1.29 is 4.74 Å². The van der Waals surface area contributed by atoms with Crippen LogP contribution in [0.15, 0.2) is 29.3 Å². The average molecular weight is 256 g/mol. The Bertz CT molecular complexity index is 378. The SMILES string of the molecule is CCOc1ccc(C2CCN=C(N)N2)cc1.Cl. The van der Waals surface area contributed by atoms with E-state index in [1.54, 1.807) is 0 Å². The Morgan fingerprint density at radius 2 is 2.12 bits per heavy atom. The molecule has 1 aromatic rings. The number of rotatable bonds is 3. The summed E-state index contributed by atoms with van der Waals surface area (Å²) in [4.78, 5) is 4.11. The lowest BCUT2D eigenvalue weighted by molar-refractivity contribution is 0.340. The second kappa shape index (κ2) is 6.35. The molecule has 1 heterocycles. The molecule has 2 rings (SSSR count). The second-order valence-corrected chi connectivity index (χ2v) is 3.75. The van der Waals surface area contributed by atoms with Gasteiger partial charge in [0.05, 0.1) is 12.6 Å². The first-order valence-electron chi connectivity index (χ1n) is 5.59. The lowest BCUT2D eigenvalue weighted by Crippen LogP contribution is -2.38. The maximum Gasteiger partial charge on any atom is 0.189 e. The molecular weight excluding hydrogens is 238 g/mol. The molecule has 0 saturated carbocycles. The van der Waals surface area contributed by atoms with E-state index in [2.05, 4.69) is 22.4 Å². The summed E-state index contributed by atoms with van der Waals surface area (Å²) in [5.41, 5.74) is 6.88. The Hall–Kier alpha value is -1.42. The Kier molecular flexibility index (Phi) is 5.10. The predicted octanol–water partition coefficient (Wildman–Crippen LogP) is 1.86. The van der Waals surface area contributed by atoms with Crippen LogP contribution < -0.4 is 15.8 Å². The Morgan fingerprint density at radius 3 is 2.71 bits per heavy atom. The maximum absolute atomic E-state index is 5.65. The van der Waals surface area contributed by atoms with Gasteiger partial charge >= 0.3 is 0 Å². The number of halogens is 1. The van der Waals surface area contributed by atoms with Crippen LogP contribution in [0.5, 0.6) is 5.75 Å². The van der Waals surface area contributed by atoms with Crippen LogP contribution in [0.2, 0.25) is 0 Å². The lowest BCUT2D eigenvalue weighted by Gasteiger charge is -2.23. The molecule has 4 nitrogen and oxygen atoms in total. The van der Waals surface area contributed by atoms with Crippen molar-refractivity contribution in [2.45, 2.75) is 19.4 Å². The van der Waals surface area contributed by atoms with Crippen LogP contribution >= 0.6 is 12.4 Å². The molecule has 1 aromatic carbocycles. The number of benzene rings is 1. The highest BCUT2D eigenvalue weighted by molar-refractivity contribution is 5.85. The Morgan fingerprint density at radius 1 is 1.41 bits per heavy atom. The zero-order valence-electron chi connectivity index (χ0n) is 9.85. The monoisotopic (exact) mass is 255 g/mol. The molecule has 0 saturated heterocycles. The summed E-state index contributed by atoms with van der Waals surface area (Å²) < 4.78 is 5.40. The average Bonchev–Trinajstić information content (AvgIpc) is 2.30. The van der Waals surface area contributed by atoms with Gasteiger partial charge in [-0.3, -0.25) is 4.99 Å². The fourth-order valence-corrected chi connectivity index (χ4v) is 1.82. The van der Waals surface area contributed by atoms with Gasteiger partial charge in [0.1, 0.15) is 5.75 Å². The van der Waals surface area contributed by atoms with Crippen molar-refractivity contribution in [1.82, 2.24) is 5.32 Å². The van der Waals surface area contributed by atoms with Crippen molar-refractivity contribution in [3.05, 3.63) is 29.8 Å². The third-order valence-corrected chi connectivity index (χ3v) is 2.62. The van der Waals surface area contributed by atoms with Gasteiger partial charge in [-0.15, -0.1) is 12.4 Å². The molecule has 3 N–H and O–H groups in total. The number of nitrogens with two attached hydrogens (primary N) is 1. The Balaban J connectivity index is 0.00000144. The zero-order valence-corrected chi connectivity index (χ0v) is 10.7. The maximum atomic E-state index is 5.65. The highest BCUT2D eigenvalue weighted by Gasteiger charge is 2.15. The summed E-state index contributed by atoms with van der Waals surface area (Å²) in [6.07, 6.45) is 0.981. The van der Waals surface area contributed by atoms with Crippen LogP contribution in [0.25, 0.3) is 0 Å². The van der Waals surface area contributed by atoms with Crippen LogP contribution in [-0.2, 0) is 0 Å². The molecule has 0 aromatic heterocycles. The minimum atomic E-state index is 0. The zero-order chi connectivity index (χ0) is 11.4. The topological polar surface area (TPSA) is 59.6 Å². The number of ether oxygens (including phenoxy) is 1. The van der Waals surface area contributed by atoms with Gasteiger partial charge in [-0.25, -0.2) is 0 Å². The van der Waals surface area contributed by atoms with E-state index < -0.39 is 0 Å². The van der Waals surface area contributed by atoms with Crippen LogP contribution in [0.3, 0.4) is 0 Å². The molecule has 5 heteroatoms. The normalized spacial score (nSPS) is 18.6. The van der Waals surface area contributed by atoms with Gasteiger partial charge < -0.3 is 15.8 Å². The molecule has 1 aliphatic heterocycles. The van der Waals surface area contributed by atoms with Crippen LogP contribution in [0.1, 0.15) is 24.9 Å². The largest absolute Gasteiger partial charge is 0.494 e. The summed E-state index contributed by atoms with van der Waals surface area (Å²) in [6, 6.07) is 8.39. The minimum Gasteiger partial charge on any atom is -0.494 e. The number of aliphatic imine (C=N–C) groups is 1. The first-order valence-corrected chi connectivity index (χ1v) is 5.59. The van der Waals surface area contributed by atoms with Crippen molar-refractivity contribution in [3.63, 3.8) is 0 Å². The molecule has 0 bridgehead atoms. The Labute approximate surface area is 108 Å². The number of nitrogens with zero attached hydrogens (tertiary/aromatic N) is 1. The number of hydrogen-bond donors (Lipinski definition) is 2. The molecule has 0 spiro atoms. The third kappa shape index (κ3) is 3.53. The second-order valence-electron chi connectivity index (χ2n) is 3.75. The van der Waals surface area contributed by atoms with Crippen molar-refractivity contribution in [1.29, 1.82) is 0 Å². The van der Waals surface area contributed by atoms with Gasteiger partial charge in [0.2, 0.25) is 0 Å². The molecule has 1 atom stereocenters. The van der Waals surface area contributed by atoms with E-state index >= 15 is 0 Å². The highest BCUT2D eigenvalue weighted by atomic mass is 35.5. The molecule has 1 unspecified atom stereocenters. The van der Waals surface area contributed by atoms with E-state index in [-0.39, 0.29) is 18.4 Å². The fourth-order valence-electron chi connectivity index (χ4n) is 1.82. The minimum absolute atomic E-state index is 0. The van der Waals surface area contributed by atoms with E-state index in [1.807, 2.05) is 19.1 Å². The summed E-state index contributed by atoms with van der Waals surface area (Å²) >= 11 is 0. The van der Waals surface area contributed by atoms with Gasteiger partial charge in [0.15, 0.2) is 5.96 Å². The first-order chi connectivity index (χ1) is 7.79. The summed E-state index contributed by atoms with van der Waals surface area (Å²) in [7, 11) is 0.